The van der Waals surface area contributed by atoms with E-state index in [0.717, 1.165) is 13.0 Å². The number of hydrogen-bond acceptors (Lipinski definition) is 2. The first-order chi connectivity index (χ1) is 5.40. The molecule has 0 saturated heterocycles. The van der Waals surface area contributed by atoms with E-state index in [0.29, 0.717) is 5.92 Å². The van der Waals surface area contributed by atoms with Gasteiger partial charge in [-0.05, 0) is 32.7 Å². The normalized spacial score (nSPS) is 19.2. The van der Waals surface area contributed by atoms with Crippen molar-refractivity contribution in [2.45, 2.75) is 52.7 Å². The lowest BCUT2D eigenvalue weighted by molar-refractivity contribution is 0.00698. The van der Waals surface area contributed by atoms with E-state index in [1.165, 1.54) is 0 Å². The summed E-state index contributed by atoms with van der Waals surface area (Å²) in [6, 6.07) is 0.171. The number of rotatable bonds is 5. The second-order valence-electron chi connectivity index (χ2n) is 4.23. The molecule has 0 radical (unpaired) electrons. The molecule has 2 N–H and O–H groups in total. The van der Waals surface area contributed by atoms with Crippen LogP contribution in [-0.2, 0) is 0 Å². The molecule has 0 aromatic carbocycles. The number of likely N-dealkylation sites (N-methyl/N-ethyl adjacent to an activating group) is 1. The minimum absolute atomic E-state index is 0.171. The molecule has 0 rings (SSSR count). The van der Waals surface area contributed by atoms with Crippen LogP contribution < -0.4 is 5.32 Å². The monoisotopic (exact) mass is 173 g/mol. The summed E-state index contributed by atoms with van der Waals surface area (Å²) in [5.74, 6) is 0.543. The summed E-state index contributed by atoms with van der Waals surface area (Å²) in [5, 5.41) is 13.3. The van der Waals surface area contributed by atoms with Crippen LogP contribution in [0, 0.1) is 5.92 Å². The molecule has 0 aliphatic heterocycles. The highest BCUT2D eigenvalue weighted by Crippen LogP contribution is 2.19. The Hall–Kier alpha value is -0.0800. The van der Waals surface area contributed by atoms with Gasteiger partial charge >= 0.3 is 0 Å². The van der Waals surface area contributed by atoms with Gasteiger partial charge in [0.1, 0.15) is 0 Å². The van der Waals surface area contributed by atoms with Gasteiger partial charge in [-0.1, -0.05) is 20.8 Å². The fourth-order valence-corrected chi connectivity index (χ4v) is 1.53. The summed E-state index contributed by atoms with van der Waals surface area (Å²) in [6.45, 7) is 11.2. The molecule has 2 unspecified atom stereocenters. The van der Waals surface area contributed by atoms with E-state index in [1.54, 1.807) is 0 Å². The standard InChI is InChI=1S/C10H23NO/c1-6-11-9(4)10(5,12)7-8(2)3/h8-9,11-12H,6-7H2,1-5H3. The maximum absolute atomic E-state index is 10.0. The summed E-state index contributed by atoms with van der Waals surface area (Å²) < 4.78 is 0. The molecule has 0 heterocycles. The molecule has 0 bridgehead atoms. The fraction of sp³-hybridized carbons (Fsp3) is 1.00. The zero-order valence-electron chi connectivity index (χ0n) is 9.02. The van der Waals surface area contributed by atoms with Gasteiger partial charge in [-0.15, -0.1) is 0 Å². The van der Waals surface area contributed by atoms with Crippen LogP contribution in [0.1, 0.15) is 41.0 Å². The molecule has 0 amide bonds. The average Bonchev–Trinajstić information content (AvgIpc) is 1.85. The van der Waals surface area contributed by atoms with Gasteiger partial charge in [0.05, 0.1) is 5.60 Å². The smallest absolute Gasteiger partial charge is 0.0771 e. The van der Waals surface area contributed by atoms with Crippen molar-refractivity contribution in [2.24, 2.45) is 5.92 Å². The minimum Gasteiger partial charge on any atom is -0.389 e. The first kappa shape index (κ1) is 11.9. The highest BCUT2D eigenvalue weighted by molar-refractivity contribution is 4.84. The molecule has 0 aliphatic rings. The molecule has 0 aromatic heterocycles. The second-order valence-corrected chi connectivity index (χ2v) is 4.23. The largest absolute Gasteiger partial charge is 0.389 e. The molecule has 74 valence electrons. The van der Waals surface area contributed by atoms with E-state index in [1.807, 2.05) is 13.8 Å². The summed E-state index contributed by atoms with van der Waals surface area (Å²) in [6.07, 6.45) is 0.848. The van der Waals surface area contributed by atoms with Crippen LogP contribution in [0.15, 0.2) is 0 Å². The first-order valence-electron chi connectivity index (χ1n) is 4.86. The lowest BCUT2D eigenvalue weighted by atomic mass is 9.88. The molecule has 12 heavy (non-hydrogen) atoms. The van der Waals surface area contributed by atoms with Crippen LogP contribution in [-0.4, -0.2) is 23.3 Å². The van der Waals surface area contributed by atoms with Gasteiger partial charge in [0, 0.05) is 6.04 Å². The van der Waals surface area contributed by atoms with E-state index in [2.05, 4.69) is 26.1 Å². The Morgan fingerprint density at radius 3 is 2.17 bits per heavy atom. The topological polar surface area (TPSA) is 32.3 Å². The fourth-order valence-electron chi connectivity index (χ4n) is 1.53. The Bertz CT molecular complexity index is 121. The SMILES string of the molecule is CCNC(C)C(C)(O)CC(C)C. The predicted octanol–water partition coefficient (Wildman–Crippen LogP) is 1.78. The van der Waals surface area contributed by atoms with E-state index in [-0.39, 0.29) is 6.04 Å². The number of nitrogens with one attached hydrogen (secondary N) is 1. The summed E-state index contributed by atoms with van der Waals surface area (Å²) >= 11 is 0. The lowest BCUT2D eigenvalue weighted by Gasteiger charge is -2.32. The van der Waals surface area contributed by atoms with Crippen molar-refractivity contribution in [1.82, 2.24) is 5.32 Å². The Morgan fingerprint density at radius 2 is 1.83 bits per heavy atom. The average molecular weight is 173 g/mol. The number of aliphatic hydroxyl groups is 1. The Morgan fingerprint density at radius 1 is 1.33 bits per heavy atom. The van der Waals surface area contributed by atoms with Gasteiger partial charge in [-0.25, -0.2) is 0 Å². The molecule has 0 spiro atoms. The van der Waals surface area contributed by atoms with Gasteiger partial charge in [0.25, 0.3) is 0 Å². The Labute approximate surface area is 76.4 Å². The van der Waals surface area contributed by atoms with Crippen LogP contribution in [0.2, 0.25) is 0 Å². The lowest BCUT2D eigenvalue weighted by Crippen LogP contribution is -2.47. The molecule has 0 aromatic rings. The van der Waals surface area contributed by atoms with Crippen molar-refractivity contribution in [2.75, 3.05) is 6.54 Å². The van der Waals surface area contributed by atoms with Crippen molar-refractivity contribution < 1.29 is 5.11 Å². The second kappa shape index (κ2) is 4.83. The Balaban J connectivity index is 3.99. The highest BCUT2D eigenvalue weighted by Gasteiger charge is 2.28. The van der Waals surface area contributed by atoms with Crippen molar-refractivity contribution in [1.29, 1.82) is 0 Å². The van der Waals surface area contributed by atoms with Crippen molar-refractivity contribution in [3.63, 3.8) is 0 Å². The summed E-state index contributed by atoms with van der Waals surface area (Å²) in [4.78, 5) is 0. The van der Waals surface area contributed by atoms with Crippen LogP contribution >= 0.6 is 0 Å². The molecule has 0 aliphatic carbocycles. The van der Waals surface area contributed by atoms with E-state index < -0.39 is 5.60 Å². The molecular weight excluding hydrogens is 150 g/mol. The van der Waals surface area contributed by atoms with Gasteiger partial charge in [0.2, 0.25) is 0 Å². The third kappa shape index (κ3) is 4.07. The van der Waals surface area contributed by atoms with Crippen molar-refractivity contribution in [3.05, 3.63) is 0 Å². The van der Waals surface area contributed by atoms with Crippen molar-refractivity contribution >= 4 is 0 Å². The van der Waals surface area contributed by atoms with Gasteiger partial charge in [0.15, 0.2) is 0 Å². The van der Waals surface area contributed by atoms with Crippen LogP contribution in [0.25, 0.3) is 0 Å². The van der Waals surface area contributed by atoms with Gasteiger partial charge in [-0.2, -0.15) is 0 Å². The first-order valence-corrected chi connectivity index (χ1v) is 4.86. The molecule has 0 fully saturated rings. The number of hydrogen-bond donors (Lipinski definition) is 2. The molecule has 2 nitrogen and oxygen atoms in total. The van der Waals surface area contributed by atoms with Crippen LogP contribution in [0.3, 0.4) is 0 Å². The summed E-state index contributed by atoms with van der Waals surface area (Å²) in [7, 11) is 0. The van der Waals surface area contributed by atoms with Crippen LogP contribution in [0.4, 0.5) is 0 Å². The molecule has 0 saturated carbocycles. The highest BCUT2D eigenvalue weighted by atomic mass is 16.3. The van der Waals surface area contributed by atoms with E-state index >= 15 is 0 Å². The van der Waals surface area contributed by atoms with Gasteiger partial charge in [-0.3, -0.25) is 0 Å². The predicted molar refractivity (Wildman–Crippen MR) is 53.2 cm³/mol. The quantitative estimate of drug-likeness (QED) is 0.664. The zero-order chi connectivity index (χ0) is 9.78. The van der Waals surface area contributed by atoms with E-state index in [9.17, 15) is 5.11 Å². The van der Waals surface area contributed by atoms with E-state index in [4.69, 9.17) is 0 Å². The minimum atomic E-state index is -0.579. The third-order valence-electron chi connectivity index (χ3n) is 2.26. The Kier molecular flexibility index (Phi) is 4.80. The van der Waals surface area contributed by atoms with Gasteiger partial charge < -0.3 is 10.4 Å². The maximum Gasteiger partial charge on any atom is 0.0771 e. The maximum atomic E-state index is 10.0. The molecular formula is C10H23NO. The molecule has 2 heteroatoms. The van der Waals surface area contributed by atoms with Crippen molar-refractivity contribution in [3.8, 4) is 0 Å². The van der Waals surface area contributed by atoms with Crippen LogP contribution in [0.5, 0.6) is 0 Å². The summed E-state index contributed by atoms with van der Waals surface area (Å²) in [5.41, 5.74) is -0.579. The zero-order valence-corrected chi connectivity index (χ0v) is 9.02. The third-order valence-corrected chi connectivity index (χ3v) is 2.26. The molecule has 2 atom stereocenters.